The third-order valence-corrected chi connectivity index (χ3v) is 3.20. The summed E-state index contributed by atoms with van der Waals surface area (Å²) >= 11 is 0. The fourth-order valence-electron chi connectivity index (χ4n) is 2.27. The molecule has 0 spiro atoms. The first kappa shape index (κ1) is 16.5. The van der Waals surface area contributed by atoms with Crippen molar-refractivity contribution in [2.45, 2.75) is 44.9 Å². The van der Waals surface area contributed by atoms with Crippen molar-refractivity contribution < 1.29 is 15.0 Å². The van der Waals surface area contributed by atoms with Crippen LogP contribution in [-0.2, 0) is 6.42 Å². The molecular weight excluding hydrogens is 256 g/mol. The van der Waals surface area contributed by atoms with E-state index in [1.165, 1.54) is 0 Å². The van der Waals surface area contributed by atoms with Crippen LogP contribution < -0.4 is 11.1 Å². The summed E-state index contributed by atoms with van der Waals surface area (Å²) in [6, 6.07) is 8.40. The molecule has 5 N–H and O–H groups in total. The molecule has 1 rings (SSSR count). The van der Waals surface area contributed by atoms with Crippen LogP contribution in [0, 0.1) is 5.92 Å². The molecule has 0 aliphatic heterocycles. The molecule has 0 radical (unpaired) electrons. The summed E-state index contributed by atoms with van der Waals surface area (Å²) in [5.74, 6) is 0.349. The van der Waals surface area contributed by atoms with Crippen LogP contribution in [0.5, 0.6) is 0 Å². The van der Waals surface area contributed by atoms with E-state index in [1.807, 2.05) is 44.2 Å². The molecule has 0 bridgehead atoms. The smallest absolute Gasteiger partial charge is 0.404 e. The van der Waals surface area contributed by atoms with Gasteiger partial charge in [0, 0.05) is 6.04 Å². The molecule has 5 nitrogen and oxygen atoms in total. The van der Waals surface area contributed by atoms with E-state index in [2.05, 4.69) is 5.32 Å². The van der Waals surface area contributed by atoms with E-state index in [4.69, 9.17) is 10.8 Å². The van der Waals surface area contributed by atoms with E-state index in [1.54, 1.807) is 0 Å². The Balaban J connectivity index is 2.75. The monoisotopic (exact) mass is 280 g/mol. The Kier molecular flexibility index (Phi) is 6.48. The molecular formula is C15H24N2O3. The Morgan fingerprint density at radius 3 is 2.40 bits per heavy atom. The van der Waals surface area contributed by atoms with Crippen molar-refractivity contribution in [3.63, 3.8) is 0 Å². The number of hydrogen-bond donors (Lipinski definition) is 4. The first-order chi connectivity index (χ1) is 9.40. The number of carbonyl (C=O) groups is 1. The van der Waals surface area contributed by atoms with Crippen LogP contribution in [0.25, 0.3) is 0 Å². The van der Waals surface area contributed by atoms with Gasteiger partial charge in [-0.05, 0) is 24.3 Å². The molecule has 3 unspecified atom stereocenters. The average Bonchev–Trinajstić information content (AvgIpc) is 2.37. The van der Waals surface area contributed by atoms with E-state index in [0.29, 0.717) is 18.8 Å². The third kappa shape index (κ3) is 5.59. The quantitative estimate of drug-likeness (QED) is 0.610. The minimum Gasteiger partial charge on any atom is -0.465 e. The van der Waals surface area contributed by atoms with Crippen LogP contribution in [0.2, 0.25) is 0 Å². The van der Waals surface area contributed by atoms with Crippen molar-refractivity contribution in [2.24, 2.45) is 11.7 Å². The minimum absolute atomic E-state index is 0.349. The second-order valence-corrected chi connectivity index (χ2v) is 5.53. The maximum absolute atomic E-state index is 10.9. The van der Waals surface area contributed by atoms with Crippen LogP contribution in [0.4, 0.5) is 4.79 Å². The van der Waals surface area contributed by atoms with Gasteiger partial charge in [-0.25, -0.2) is 4.79 Å². The molecule has 0 saturated heterocycles. The predicted octanol–water partition coefficient (Wildman–Crippen LogP) is 1.60. The van der Waals surface area contributed by atoms with Crippen LogP contribution in [0.1, 0.15) is 25.8 Å². The van der Waals surface area contributed by atoms with Gasteiger partial charge in [-0.2, -0.15) is 0 Å². The zero-order valence-corrected chi connectivity index (χ0v) is 12.0. The highest BCUT2D eigenvalue weighted by molar-refractivity contribution is 5.65. The third-order valence-electron chi connectivity index (χ3n) is 3.20. The lowest BCUT2D eigenvalue weighted by molar-refractivity contribution is 0.0898. The fourth-order valence-corrected chi connectivity index (χ4v) is 2.27. The summed E-state index contributed by atoms with van der Waals surface area (Å²) in [5.41, 5.74) is 6.93. The van der Waals surface area contributed by atoms with E-state index < -0.39 is 24.3 Å². The molecule has 5 heteroatoms. The van der Waals surface area contributed by atoms with Gasteiger partial charge in [0.25, 0.3) is 0 Å². The zero-order chi connectivity index (χ0) is 15.1. The highest BCUT2D eigenvalue weighted by Gasteiger charge is 2.27. The normalized spacial score (nSPS) is 15.7. The number of benzene rings is 1. The largest absolute Gasteiger partial charge is 0.465 e. The number of aliphatic hydroxyl groups excluding tert-OH is 1. The molecule has 1 aromatic rings. The highest BCUT2D eigenvalue weighted by atomic mass is 16.4. The number of hydrogen-bond acceptors (Lipinski definition) is 3. The summed E-state index contributed by atoms with van der Waals surface area (Å²) in [5, 5.41) is 21.6. The van der Waals surface area contributed by atoms with Gasteiger partial charge in [-0.1, -0.05) is 44.2 Å². The lowest BCUT2D eigenvalue weighted by atomic mass is 9.92. The Morgan fingerprint density at radius 1 is 1.30 bits per heavy atom. The Labute approximate surface area is 119 Å². The Morgan fingerprint density at radius 2 is 1.90 bits per heavy atom. The standard InChI is InChI=1S/C15H24N2O3/c1-10(2)8-12(16)14(18)13(17-15(19)20)9-11-6-4-3-5-7-11/h3-7,10,12-14,17-18H,8-9,16H2,1-2H3,(H,19,20). The minimum atomic E-state index is -1.15. The molecule has 20 heavy (non-hydrogen) atoms. The molecule has 0 aromatic heterocycles. The van der Waals surface area contributed by atoms with Gasteiger partial charge in [-0.3, -0.25) is 0 Å². The SMILES string of the molecule is CC(C)CC(N)C(O)C(Cc1ccccc1)NC(=O)O. The summed E-state index contributed by atoms with van der Waals surface area (Å²) in [7, 11) is 0. The second kappa shape index (κ2) is 7.87. The van der Waals surface area contributed by atoms with Crippen molar-refractivity contribution in [1.82, 2.24) is 5.32 Å². The van der Waals surface area contributed by atoms with Crippen LogP contribution in [-0.4, -0.2) is 34.5 Å². The first-order valence-electron chi connectivity index (χ1n) is 6.87. The van der Waals surface area contributed by atoms with E-state index in [0.717, 1.165) is 5.56 Å². The summed E-state index contributed by atoms with van der Waals surface area (Å²) in [4.78, 5) is 10.9. The summed E-state index contributed by atoms with van der Waals surface area (Å²) < 4.78 is 0. The van der Waals surface area contributed by atoms with Crippen LogP contribution in [0.3, 0.4) is 0 Å². The van der Waals surface area contributed by atoms with E-state index in [-0.39, 0.29) is 0 Å². The highest BCUT2D eigenvalue weighted by Crippen LogP contribution is 2.13. The molecule has 0 heterocycles. The molecule has 0 aliphatic carbocycles. The zero-order valence-electron chi connectivity index (χ0n) is 12.0. The maximum atomic E-state index is 10.9. The van der Waals surface area contributed by atoms with Gasteiger partial charge in [0.1, 0.15) is 0 Å². The number of rotatable bonds is 7. The summed E-state index contributed by atoms with van der Waals surface area (Å²) in [6.45, 7) is 4.03. The first-order valence-corrected chi connectivity index (χ1v) is 6.87. The van der Waals surface area contributed by atoms with Gasteiger partial charge < -0.3 is 21.3 Å². The number of amides is 1. The van der Waals surface area contributed by atoms with Crippen molar-refractivity contribution in [2.75, 3.05) is 0 Å². The lowest BCUT2D eigenvalue weighted by Gasteiger charge is -2.28. The average molecular weight is 280 g/mol. The van der Waals surface area contributed by atoms with Crippen molar-refractivity contribution in [3.8, 4) is 0 Å². The van der Waals surface area contributed by atoms with Gasteiger partial charge in [0.2, 0.25) is 0 Å². The molecule has 1 amide bonds. The fraction of sp³-hybridized carbons (Fsp3) is 0.533. The predicted molar refractivity (Wildman–Crippen MR) is 78.5 cm³/mol. The van der Waals surface area contributed by atoms with Crippen molar-refractivity contribution in [3.05, 3.63) is 35.9 Å². The number of aliphatic hydroxyl groups is 1. The molecule has 1 aromatic carbocycles. The van der Waals surface area contributed by atoms with Gasteiger partial charge in [0.15, 0.2) is 0 Å². The van der Waals surface area contributed by atoms with E-state index >= 15 is 0 Å². The van der Waals surface area contributed by atoms with Crippen LogP contribution in [0.15, 0.2) is 30.3 Å². The van der Waals surface area contributed by atoms with Crippen LogP contribution >= 0.6 is 0 Å². The van der Waals surface area contributed by atoms with Gasteiger partial charge in [0.05, 0.1) is 12.1 Å². The Hall–Kier alpha value is -1.59. The molecule has 3 atom stereocenters. The lowest BCUT2D eigenvalue weighted by Crippen LogP contribution is -2.52. The molecule has 0 aliphatic rings. The molecule has 0 fully saturated rings. The maximum Gasteiger partial charge on any atom is 0.404 e. The summed E-state index contributed by atoms with van der Waals surface area (Å²) in [6.07, 6.45) is -0.996. The molecule has 0 saturated carbocycles. The Bertz CT molecular complexity index is 409. The van der Waals surface area contributed by atoms with Gasteiger partial charge in [-0.15, -0.1) is 0 Å². The number of carboxylic acid groups (broad SMARTS) is 1. The van der Waals surface area contributed by atoms with E-state index in [9.17, 15) is 9.90 Å². The van der Waals surface area contributed by atoms with Crippen molar-refractivity contribution >= 4 is 6.09 Å². The van der Waals surface area contributed by atoms with Crippen molar-refractivity contribution in [1.29, 1.82) is 0 Å². The topological polar surface area (TPSA) is 95.6 Å². The molecule has 112 valence electrons. The number of nitrogens with two attached hydrogens (primary N) is 1. The van der Waals surface area contributed by atoms with Gasteiger partial charge >= 0.3 is 6.09 Å². The number of nitrogens with one attached hydrogen (secondary N) is 1. The second-order valence-electron chi connectivity index (χ2n) is 5.53.